The van der Waals surface area contributed by atoms with Crippen LogP contribution in [0, 0.1) is 0 Å². The summed E-state index contributed by atoms with van der Waals surface area (Å²) in [7, 11) is 4.34. The number of carbonyl (C=O) groups excluding carboxylic acids is 1. The van der Waals surface area contributed by atoms with Crippen LogP contribution in [-0.2, 0) is 4.84 Å². The van der Waals surface area contributed by atoms with Crippen LogP contribution in [0.2, 0.25) is 10.0 Å². The van der Waals surface area contributed by atoms with Gasteiger partial charge in [0.05, 0.1) is 24.3 Å². The van der Waals surface area contributed by atoms with Crippen LogP contribution in [0.3, 0.4) is 0 Å². The van der Waals surface area contributed by atoms with Gasteiger partial charge >= 0.3 is 0 Å². The Bertz CT molecular complexity index is 386. The highest BCUT2D eigenvalue weighted by atomic mass is 35.5. The summed E-state index contributed by atoms with van der Waals surface area (Å²) >= 11 is 11.8. The Labute approximate surface area is 104 Å². The van der Waals surface area contributed by atoms with E-state index >= 15 is 0 Å². The van der Waals surface area contributed by atoms with Gasteiger partial charge in [-0.1, -0.05) is 23.2 Å². The van der Waals surface area contributed by atoms with Crippen LogP contribution in [0.1, 0.15) is 10.4 Å². The van der Waals surface area contributed by atoms with Gasteiger partial charge in [-0.15, -0.1) is 0 Å². The number of hydrogen-bond acceptors (Lipinski definition) is 3. The Kier molecular flexibility index (Phi) is 4.41. The second kappa shape index (κ2) is 5.39. The minimum Gasteiger partial charge on any atom is -0.494 e. The number of rotatable bonds is 3. The molecule has 1 rings (SSSR count). The van der Waals surface area contributed by atoms with Crippen molar-refractivity contribution in [2.45, 2.75) is 0 Å². The lowest BCUT2D eigenvalue weighted by molar-refractivity contribution is -0.0756. The Morgan fingerprint density at radius 1 is 1.25 bits per heavy atom. The molecule has 0 radical (unpaired) electrons. The fourth-order valence-corrected chi connectivity index (χ4v) is 1.78. The van der Waals surface area contributed by atoms with E-state index in [1.54, 1.807) is 0 Å². The molecule has 0 aliphatic carbocycles. The number of nitrogens with zero attached hydrogens (tertiary/aromatic N) is 1. The zero-order valence-electron chi connectivity index (χ0n) is 9.08. The molecule has 0 aromatic heterocycles. The van der Waals surface area contributed by atoms with E-state index in [1.807, 2.05) is 0 Å². The van der Waals surface area contributed by atoms with Crippen LogP contribution in [0.15, 0.2) is 12.1 Å². The number of carbonyl (C=O) groups is 1. The van der Waals surface area contributed by atoms with Gasteiger partial charge in [0.25, 0.3) is 5.91 Å². The summed E-state index contributed by atoms with van der Waals surface area (Å²) in [5.74, 6) is 0.00825. The van der Waals surface area contributed by atoms with E-state index in [0.29, 0.717) is 11.3 Å². The molecule has 0 spiro atoms. The first kappa shape index (κ1) is 13.1. The fourth-order valence-electron chi connectivity index (χ4n) is 1.14. The number of benzene rings is 1. The predicted octanol–water partition coefficient (Wildman–Crippen LogP) is 2.64. The van der Waals surface area contributed by atoms with Crippen molar-refractivity contribution in [3.63, 3.8) is 0 Å². The number of ether oxygens (including phenoxy) is 1. The van der Waals surface area contributed by atoms with Gasteiger partial charge in [0.15, 0.2) is 5.75 Å². The quantitative estimate of drug-likeness (QED) is 0.788. The topological polar surface area (TPSA) is 38.8 Å². The average molecular weight is 264 g/mol. The van der Waals surface area contributed by atoms with Crippen LogP contribution >= 0.6 is 23.2 Å². The third-order valence-corrected chi connectivity index (χ3v) is 2.57. The van der Waals surface area contributed by atoms with Crippen molar-refractivity contribution in [2.24, 2.45) is 0 Å². The Morgan fingerprint density at radius 2 is 1.75 bits per heavy atom. The van der Waals surface area contributed by atoms with E-state index in [1.165, 1.54) is 33.4 Å². The molecule has 6 heteroatoms. The van der Waals surface area contributed by atoms with Crippen LogP contribution in [0.4, 0.5) is 0 Å². The van der Waals surface area contributed by atoms with Gasteiger partial charge in [-0.25, -0.2) is 5.06 Å². The average Bonchev–Trinajstić information content (AvgIpc) is 2.26. The number of amides is 1. The largest absolute Gasteiger partial charge is 0.494 e. The third kappa shape index (κ3) is 2.58. The van der Waals surface area contributed by atoms with Crippen LogP contribution in [0.5, 0.6) is 5.75 Å². The van der Waals surface area contributed by atoms with Crippen molar-refractivity contribution in [1.82, 2.24) is 5.06 Å². The van der Waals surface area contributed by atoms with E-state index in [0.717, 1.165) is 5.06 Å². The summed E-state index contributed by atoms with van der Waals surface area (Å²) in [4.78, 5) is 16.5. The van der Waals surface area contributed by atoms with E-state index in [4.69, 9.17) is 32.8 Å². The molecule has 4 nitrogen and oxygen atoms in total. The fraction of sp³-hybridized carbons (Fsp3) is 0.300. The number of methoxy groups -OCH3 is 1. The second-order valence-corrected chi connectivity index (χ2v) is 3.77. The summed E-state index contributed by atoms with van der Waals surface area (Å²) in [5, 5.41) is 1.64. The van der Waals surface area contributed by atoms with Gasteiger partial charge in [-0.05, 0) is 12.1 Å². The van der Waals surface area contributed by atoms with Gasteiger partial charge in [0.2, 0.25) is 0 Å². The summed E-state index contributed by atoms with van der Waals surface area (Å²) in [6.07, 6.45) is 0. The zero-order valence-corrected chi connectivity index (χ0v) is 10.6. The maximum atomic E-state index is 11.7. The second-order valence-electron chi connectivity index (χ2n) is 2.96. The van der Waals surface area contributed by atoms with Gasteiger partial charge in [-0.3, -0.25) is 9.63 Å². The summed E-state index contributed by atoms with van der Waals surface area (Å²) in [6, 6.07) is 2.95. The molecule has 0 aliphatic rings. The molecule has 0 bridgehead atoms. The van der Waals surface area contributed by atoms with Gasteiger partial charge in [0, 0.05) is 12.6 Å². The van der Waals surface area contributed by atoms with E-state index in [2.05, 4.69) is 0 Å². The first-order valence-electron chi connectivity index (χ1n) is 4.36. The molecule has 88 valence electrons. The minimum atomic E-state index is -0.339. The normalized spacial score (nSPS) is 10.1. The van der Waals surface area contributed by atoms with Crippen molar-refractivity contribution >= 4 is 29.1 Å². The van der Waals surface area contributed by atoms with Crippen LogP contribution in [0.25, 0.3) is 0 Å². The van der Waals surface area contributed by atoms with E-state index in [-0.39, 0.29) is 16.0 Å². The Morgan fingerprint density at radius 3 is 2.12 bits per heavy atom. The van der Waals surface area contributed by atoms with Crippen molar-refractivity contribution in [2.75, 3.05) is 21.3 Å². The molecule has 0 saturated heterocycles. The lowest BCUT2D eigenvalue weighted by Gasteiger charge is -2.14. The van der Waals surface area contributed by atoms with Crippen molar-refractivity contribution in [1.29, 1.82) is 0 Å². The monoisotopic (exact) mass is 263 g/mol. The third-order valence-electron chi connectivity index (χ3n) is 2.01. The summed E-state index contributed by atoms with van der Waals surface area (Å²) < 4.78 is 4.98. The lowest BCUT2D eigenvalue weighted by atomic mass is 10.2. The molecule has 1 aromatic rings. The first-order valence-corrected chi connectivity index (χ1v) is 5.12. The molecule has 0 N–H and O–H groups in total. The van der Waals surface area contributed by atoms with Gasteiger partial charge < -0.3 is 4.74 Å². The maximum Gasteiger partial charge on any atom is 0.277 e. The minimum absolute atomic E-state index is 0.280. The molecule has 0 saturated carbocycles. The Hall–Kier alpha value is -0.970. The predicted molar refractivity (Wildman–Crippen MR) is 62.1 cm³/mol. The SMILES string of the molecule is COc1c(Cl)cc(C(=O)N(C)OC)cc1Cl. The zero-order chi connectivity index (χ0) is 12.3. The lowest BCUT2D eigenvalue weighted by Crippen LogP contribution is -2.25. The van der Waals surface area contributed by atoms with Gasteiger partial charge in [-0.2, -0.15) is 0 Å². The van der Waals surface area contributed by atoms with Gasteiger partial charge in [0.1, 0.15) is 0 Å². The number of hydrogen-bond donors (Lipinski definition) is 0. The number of hydroxylamine groups is 2. The maximum absolute atomic E-state index is 11.7. The smallest absolute Gasteiger partial charge is 0.277 e. The molecular formula is C10H11Cl2NO3. The molecule has 1 aromatic carbocycles. The van der Waals surface area contributed by atoms with Crippen molar-refractivity contribution < 1.29 is 14.4 Å². The summed E-state index contributed by atoms with van der Waals surface area (Å²) in [5.41, 5.74) is 0.333. The molecule has 0 atom stereocenters. The van der Waals surface area contributed by atoms with E-state index in [9.17, 15) is 4.79 Å². The molecular weight excluding hydrogens is 253 g/mol. The standard InChI is InChI=1S/C10H11Cl2NO3/c1-13(16-3)10(14)6-4-7(11)9(15-2)8(12)5-6/h4-5H,1-3H3. The highest BCUT2D eigenvalue weighted by Crippen LogP contribution is 2.34. The molecule has 0 fully saturated rings. The highest BCUT2D eigenvalue weighted by molar-refractivity contribution is 6.37. The van der Waals surface area contributed by atoms with E-state index < -0.39 is 0 Å². The molecule has 0 heterocycles. The highest BCUT2D eigenvalue weighted by Gasteiger charge is 2.16. The van der Waals surface area contributed by atoms with Crippen molar-refractivity contribution in [3.8, 4) is 5.75 Å². The molecule has 1 amide bonds. The van der Waals surface area contributed by atoms with Crippen LogP contribution in [-0.4, -0.2) is 32.2 Å². The molecule has 0 unspecified atom stereocenters. The number of halogens is 2. The summed E-state index contributed by atoms with van der Waals surface area (Å²) in [6.45, 7) is 0. The molecule has 0 aliphatic heterocycles. The van der Waals surface area contributed by atoms with Crippen LogP contribution < -0.4 is 4.74 Å². The molecule has 16 heavy (non-hydrogen) atoms. The first-order chi connectivity index (χ1) is 7.51. The Balaban J connectivity index is 3.13. The van der Waals surface area contributed by atoms with Crippen molar-refractivity contribution in [3.05, 3.63) is 27.7 Å².